The van der Waals surface area contributed by atoms with Crippen molar-refractivity contribution in [3.05, 3.63) is 82.0 Å². The molecule has 0 bridgehead atoms. The number of halogens is 4. The third kappa shape index (κ3) is 5.31. The van der Waals surface area contributed by atoms with Crippen LogP contribution in [0.2, 0.25) is 5.02 Å². The molecule has 0 aliphatic heterocycles. The number of ether oxygens (including phenoxy) is 1. The summed E-state index contributed by atoms with van der Waals surface area (Å²) in [6.45, 7) is 5.18. The number of alkyl halides is 3. The third-order valence-electron chi connectivity index (χ3n) is 4.90. The van der Waals surface area contributed by atoms with Gasteiger partial charge in [0.2, 0.25) is 5.88 Å². The molecule has 0 aliphatic rings. The van der Waals surface area contributed by atoms with E-state index >= 15 is 0 Å². The van der Waals surface area contributed by atoms with Gasteiger partial charge in [-0.15, -0.1) is 0 Å². The van der Waals surface area contributed by atoms with Gasteiger partial charge in [-0.2, -0.15) is 13.2 Å². The molecule has 0 aliphatic carbocycles. The number of carbonyl (C=O) groups excluding carboxylic acids is 1. The number of pyridine rings is 1. The van der Waals surface area contributed by atoms with Crippen LogP contribution >= 0.6 is 11.6 Å². The zero-order valence-corrected chi connectivity index (χ0v) is 19.1. The molecule has 0 fully saturated rings. The van der Waals surface area contributed by atoms with Crippen molar-refractivity contribution in [1.82, 2.24) is 4.98 Å². The first kappa shape index (κ1) is 25.0. The molecule has 1 aromatic heterocycles. The summed E-state index contributed by atoms with van der Waals surface area (Å²) in [7, 11) is 0. The van der Waals surface area contributed by atoms with Gasteiger partial charge < -0.3 is 14.7 Å². The molecule has 6 nitrogen and oxygen atoms in total. The molecule has 1 heterocycles. The van der Waals surface area contributed by atoms with Crippen LogP contribution in [0.4, 0.5) is 18.9 Å². The number of rotatable bonds is 6. The molecular formula is C24H20ClF3N2O4. The second-order valence-corrected chi connectivity index (χ2v) is 8.08. The quantitative estimate of drug-likeness (QED) is 0.419. The number of carbonyl (C=O) groups is 2. The lowest BCUT2D eigenvalue weighted by Gasteiger charge is -2.28. The SMILES string of the molecule is Cc1ccc(C(=O)N(c2ccc(Oc3ncccc3C(F)(F)F)cc2C(=O)O)C(C)C)cc1Cl. The zero-order chi connectivity index (χ0) is 25.2. The Morgan fingerprint density at radius 3 is 2.41 bits per heavy atom. The molecule has 34 heavy (non-hydrogen) atoms. The Bertz CT molecular complexity index is 1250. The summed E-state index contributed by atoms with van der Waals surface area (Å²) >= 11 is 6.15. The smallest absolute Gasteiger partial charge is 0.421 e. The Morgan fingerprint density at radius 2 is 1.82 bits per heavy atom. The summed E-state index contributed by atoms with van der Waals surface area (Å²) in [6.07, 6.45) is -3.59. The Kier molecular flexibility index (Phi) is 7.16. The highest BCUT2D eigenvalue weighted by molar-refractivity contribution is 6.31. The topological polar surface area (TPSA) is 79.7 Å². The van der Waals surface area contributed by atoms with E-state index in [1.807, 2.05) is 0 Å². The molecule has 2 aromatic carbocycles. The van der Waals surface area contributed by atoms with E-state index in [4.69, 9.17) is 16.3 Å². The molecule has 0 spiro atoms. The largest absolute Gasteiger partial charge is 0.478 e. The average molecular weight is 493 g/mol. The number of hydrogen-bond donors (Lipinski definition) is 1. The van der Waals surface area contributed by atoms with Crippen molar-refractivity contribution in [1.29, 1.82) is 0 Å². The zero-order valence-electron chi connectivity index (χ0n) is 18.4. The number of amides is 1. The summed E-state index contributed by atoms with van der Waals surface area (Å²) in [4.78, 5) is 30.2. The van der Waals surface area contributed by atoms with Crippen LogP contribution in [-0.4, -0.2) is 28.0 Å². The highest BCUT2D eigenvalue weighted by Gasteiger charge is 2.35. The van der Waals surface area contributed by atoms with Gasteiger partial charge in [0.1, 0.15) is 11.3 Å². The van der Waals surface area contributed by atoms with Gasteiger partial charge in [-0.05, 0) is 68.8 Å². The summed E-state index contributed by atoms with van der Waals surface area (Å²) in [5.41, 5.74) is -0.360. The first-order valence-corrected chi connectivity index (χ1v) is 10.4. The molecule has 10 heteroatoms. The molecule has 1 amide bonds. The van der Waals surface area contributed by atoms with Crippen molar-refractivity contribution in [3.63, 3.8) is 0 Å². The molecule has 0 atom stereocenters. The molecule has 0 saturated carbocycles. The lowest BCUT2D eigenvalue weighted by atomic mass is 10.1. The fourth-order valence-electron chi connectivity index (χ4n) is 3.25. The summed E-state index contributed by atoms with van der Waals surface area (Å²) in [5, 5.41) is 10.2. The first-order chi connectivity index (χ1) is 15.9. The second-order valence-electron chi connectivity index (χ2n) is 7.67. The molecule has 178 valence electrons. The predicted molar refractivity (Wildman–Crippen MR) is 121 cm³/mol. The van der Waals surface area contributed by atoms with E-state index in [0.717, 1.165) is 30.0 Å². The molecule has 3 rings (SSSR count). The van der Waals surface area contributed by atoms with Crippen LogP contribution < -0.4 is 9.64 Å². The minimum Gasteiger partial charge on any atom is -0.478 e. The summed E-state index contributed by atoms with van der Waals surface area (Å²) < 4.78 is 45.0. The van der Waals surface area contributed by atoms with Gasteiger partial charge in [0.05, 0.1) is 11.3 Å². The Labute approximate surface area is 198 Å². The maximum Gasteiger partial charge on any atom is 0.421 e. The van der Waals surface area contributed by atoms with Crippen LogP contribution in [0.25, 0.3) is 0 Å². The average Bonchev–Trinajstić information content (AvgIpc) is 2.75. The number of nitrogens with zero attached hydrogens (tertiary/aromatic N) is 2. The number of aryl methyl sites for hydroxylation is 1. The van der Waals surface area contributed by atoms with E-state index in [9.17, 15) is 27.9 Å². The molecule has 0 radical (unpaired) electrons. The van der Waals surface area contributed by atoms with Crippen molar-refractivity contribution < 1.29 is 32.6 Å². The van der Waals surface area contributed by atoms with Gasteiger partial charge in [-0.3, -0.25) is 4.79 Å². The van der Waals surface area contributed by atoms with E-state index in [0.29, 0.717) is 5.02 Å². The Morgan fingerprint density at radius 1 is 1.12 bits per heavy atom. The minimum atomic E-state index is -4.71. The van der Waals surface area contributed by atoms with Crippen LogP contribution in [0.1, 0.15) is 45.7 Å². The highest BCUT2D eigenvalue weighted by atomic mass is 35.5. The number of hydrogen-bond acceptors (Lipinski definition) is 4. The maximum absolute atomic E-state index is 13.3. The van der Waals surface area contributed by atoms with E-state index < -0.39 is 35.5 Å². The van der Waals surface area contributed by atoms with E-state index in [-0.39, 0.29) is 22.6 Å². The van der Waals surface area contributed by atoms with Gasteiger partial charge in [0.15, 0.2) is 0 Å². The number of aromatic nitrogens is 1. The Hall–Kier alpha value is -3.59. The van der Waals surface area contributed by atoms with Crippen LogP contribution in [0.3, 0.4) is 0 Å². The fourth-order valence-corrected chi connectivity index (χ4v) is 3.43. The van der Waals surface area contributed by atoms with Crippen LogP contribution in [0, 0.1) is 6.92 Å². The lowest BCUT2D eigenvalue weighted by molar-refractivity contribution is -0.138. The summed E-state index contributed by atoms with van der Waals surface area (Å²) in [6, 6.07) is 9.86. The summed E-state index contributed by atoms with van der Waals surface area (Å²) in [5.74, 6) is -2.78. The van der Waals surface area contributed by atoms with Gasteiger partial charge in [-0.1, -0.05) is 17.7 Å². The highest BCUT2D eigenvalue weighted by Crippen LogP contribution is 2.37. The number of aromatic carboxylic acids is 1. The third-order valence-corrected chi connectivity index (χ3v) is 5.31. The Balaban J connectivity index is 2.04. The minimum absolute atomic E-state index is 0.0496. The van der Waals surface area contributed by atoms with Crippen LogP contribution in [0.5, 0.6) is 11.6 Å². The lowest BCUT2D eigenvalue weighted by Crippen LogP contribution is -2.38. The van der Waals surface area contributed by atoms with Crippen molar-refractivity contribution in [2.45, 2.75) is 33.0 Å². The van der Waals surface area contributed by atoms with Gasteiger partial charge in [-0.25, -0.2) is 9.78 Å². The van der Waals surface area contributed by atoms with Gasteiger partial charge >= 0.3 is 12.1 Å². The molecule has 0 unspecified atom stereocenters. The number of anilines is 1. The molecule has 1 N–H and O–H groups in total. The number of benzene rings is 2. The second kappa shape index (κ2) is 9.72. The van der Waals surface area contributed by atoms with Gasteiger partial charge in [0, 0.05) is 22.8 Å². The van der Waals surface area contributed by atoms with Crippen molar-refractivity contribution in [2.75, 3.05) is 4.90 Å². The predicted octanol–water partition coefficient (Wildman–Crippen LogP) is 6.61. The fraction of sp³-hybridized carbons (Fsp3) is 0.208. The van der Waals surface area contributed by atoms with Crippen molar-refractivity contribution >= 4 is 29.2 Å². The standard InChI is InChI=1S/C24H20ClF3N2O4/c1-13(2)30(22(31)15-7-6-14(3)19(25)11-15)20-9-8-16(12-17(20)23(32)33)34-21-18(24(26,27)28)5-4-10-29-21/h4-13H,1-3H3,(H,32,33). The molecular weight excluding hydrogens is 473 g/mol. The van der Waals surface area contributed by atoms with E-state index in [1.54, 1.807) is 32.9 Å². The normalized spacial score (nSPS) is 11.4. The molecule has 0 saturated heterocycles. The first-order valence-electron chi connectivity index (χ1n) is 10.1. The van der Waals surface area contributed by atoms with E-state index in [1.165, 1.54) is 23.1 Å². The number of carboxylic acids is 1. The van der Waals surface area contributed by atoms with Gasteiger partial charge in [0.25, 0.3) is 5.91 Å². The van der Waals surface area contributed by atoms with Crippen LogP contribution in [0.15, 0.2) is 54.7 Å². The number of carboxylic acid groups (broad SMARTS) is 1. The van der Waals surface area contributed by atoms with Crippen molar-refractivity contribution in [2.24, 2.45) is 0 Å². The van der Waals surface area contributed by atoms with Crippen molar-refractivity contribution in [3.8, 4) is 11.6 Å². The van der Waals surface area contributed by atoms with E-state index in [2.05, 4.69) is 4.98 Å². The molecule has 3 aromatic rings. The van der Waals surface area contributed by atoms with Crippen LogP contribution in [-0.2, 0) is 6.18 Å². The monoisotopic (exact) mass is 492 g/mol. The maximum atomic E-state index is 13.3.